The third-order valence-electron chi connectivity index (χ3n) is 2.43. The van der Waals surface area contributed by atoms with Gasteiger partial charge in [0.15, 0.2) is 5.69 Å². The lowest BCUT2D eigenvalue weighted by Crippen LogP contribution is -2.07. The van der Waals surface area contributed by atoms with Gasteiger partial charge in [-0.05, 0) is 38.1 Å². The van der Waals surface area contributed by atoms with E-state index in [9.17, 15) is 4.79 Å². The molecule has 18 heavy (non-hydrogen) atoms. The molecule has 0 unspecified atom stereocenters. The van der Waals surface area contributed by atoms with E-state index in [2.05, 4.69) is 26.2 Å². The minimum Gasteiger partial charge on any atom is -0.461 e. The zero-order valence-electron chi connectivity index (χ0n) is 10.1. The molecule has 0 fully saturated rings. The quantitative estimate of drug-likeness (QED) is 0.817. The predicted molar refractivity (Wildman–Crippen MR) is 69.8 cm³/mol. The van der Waals surface area contributed by atoms with Gasteiger partial charge in [0.1, 0.15) is 0 Å². The summed E-state index contributed by atoms with van der Waals surface area (Å²) in [5.74, 6) is -0.446. The highest BCUT2D eigenvalue weighted by molar-refractivity contribution is 9.10. The number of esters is 1. The Balaban J connectivity index is 2.36. The Bertz CT molecular complexity index is 563. The van der Waals surface area contributed by atoms with Crippen molar-refractivity contribution < 1.29 is 9.53 Å². The molecule has 1 aromatic carbocycles. The molecule has 0 aliphatic rings. The molecular formula is C12H12BrN3O2. The molecular weight excluding hydrogens is 298 g/mol. The first-order chi connectivity index (χ1) is 8.63. The highest BCUT2D eigenvalue weighted by atomic mass is 79.9. The van der Waals surface area contributed by atoms with Crippen molar-refractivity contribution in [2.75, 3.05) is 6.61 Å². The summed E-state index contributed by atoms with van der Waals surface area (Å²) >= 11 is 3.37. The summed E-state index contributed by atoms with van der Waals surface area (Å²) < 4.78 is 7.51. The van der Waals surface area contributed by atoms with Crippen LogP contribution in [-0.2, 0) is 4.74 Å². The van der Waals surface area contributed by atoms with Crippen molar-refractivity contribution in [1.82, 2.24) is 15.0 Å². The van der Waals surface area contributed by atoms with Crippen molar-refractivity contribution in [2.24, 2.45) is 0 Å². The maximum Gasteiger partial charge on any atom is 0.360 e. The first-order valence-electron chi connectivity index (χ1n) is 5.49. The standard InChI is InChI=1S/C12H12BrN3O2/c1-3-18-12(17)11-8(2)16(15-14-11)10-6-4-9(13)5-7-10/h4-7H,3H2,1-2H3. The maximum atomic E-state index is 11.6. The molecule has 6 heteroatoms. The second-order valence-corrected chi connectivity index (χ2v) is 4.55. The Kier molecular flexibility index (Phi) is 3.76. The zero-order chi connectivity index (χ0) is 13.1. The van der Waals surface area contributed by atoms with E-state index in [1.807, 2.05) is 24.3 Å². The van der Waals surface area contributed by atoms with Gasteiger partial charge in [0.25, 0.3) is 0 Å². The molecule has 0 radical (unpaired) electrons. The molecule has 5 nitrogen and oxygen atoms in total. The number of hydrogen-bond donors (Lipinski definition) is 0. The van der Waals surface area contributed by atoms with Crippen LogP contribution in [0.4, 0.5) is 0 Å². The van der Waals surface area contributed by atoms with E-state index >= 15 is 0 Å². The Hall–Kier alpha value is -1.69. The van der Waals surface area contributed by atoms with Crippen LogP contribution >= 0.6 is 15.9 Å². The number of aromatic nitrogens is 3. The molecule has 0 N–H and O–H groups in total. The van der Waals surface area contributed by atoms with Crippen LogP contribution in [0.25, 0.3) is 5.69 Å². The van der Waals surface area contributed by atoms with Crippen molar-refractivity contribution in [3.63, 3.8) is 0 Å². The molecule has 94 valence electrons. The summed E-state index contributed by atoms with van der Waals surface area (Å²) in [5, 5.41) is 7.83. The van der Waals surface area contributed by atoms with Crippen LogP contribution in [0.2, 0.25) is 0 Å². The summed E-state index contributed by atoms with van der Waals surface area (Å²) in [7, 11) is 0. The van der Waals surface area contributed by atoms with E-state index in [4.69, 9.17) is 4.74 Å². The number of carbonyl (C=O) groups excluding carboxylic acids is 1. The summed E-state index contributed by atoms with van der Waals surface area (Å²) in [4.78, 5) is 11.6. The fourth-order valence-electron chi connectivity index (χ4n) is 1.54. The van der Waals surface area contributed by atoms with Gasteiger partial charge < -0.3 is 4.74 Å². The zero-order valence-corrected chi connectivity index (χ0v) is 11.6. The van der Waals surface area contributed by atoms with E-state index in [-0.39, 0.29) is 5.69 Å². The molecule has 2 aromatic rings. The first kappa shape index (κ1) is 12.8. The van der Waals surface area contributed by atoms with Gasteiger partial charge in [-0.15, -0.1) is 5.10 Å². The van der Waals surface area contributed by atoms with Crippen LogP contribution in [-0.4, -0.2) is 27.6 Å². The molecule has 1 heterocycles. The van der Waals surface area contributed by atoms with E-state index in [0.717, 1.165) is 10.2 Å². The van der Waals surface area contributed by atoms with Crippen LogP contribution in [0, 0.1) is 6.92 Å². The summed E-state index contributed by atoms with van der Waals surface area (Å²) in [6.07, 6.45) is 0. The van der Waals surface area contributed by atoms with Gasteiger partial charge in [-0.1, -0.05) is 21.1 Å². The number of rotatable bonds is 3. The predicted octanol–water partition coefficient (Wildman–Crippen LogP) is 2.51. The second kappa shape index (κ2) is 5.30. The van der Waals surface area contributed by atoms with Crippen molar-refractivity contribution in [1.29, 1.82) is 0 Å². The largest absolute Gasteiger partial charge is 0.461 e. The molecule has 0 bridgehead atoms. The molecule has 0 aliphatic heterocycles. The van der Waals surface area contributed by atoms with Crippen LogP contribution in [0.1, 0.15) is 23.1 Å². The topological polar surface area (TPSA) is 57.0 Å². The third kappa shape index (κ3) is 2.43. The minimum atomic E-state index is -0.446. The smallest absolute Gasteiger partial charge is 0.360 e. The average Bonchev–Trinajstić information content (AvgIpc) is 2.73. The van der Waals surface area contributed by atoms with E-state index in [1.54, 1.807) is 18.5 Å². The van der Waals surface area contributed by atoms with Crippen molar-refractivity contribution >= 4 is 21.9 Å². The highest BCUT2D eigenvalue weighted by Gasteiger charge is 2.17. The van der Waals surface area contributed by atoms with E-state index in [1.165, 1.54) is 0 Å². The van der Waals surface area contributed by atoms with Gasteiger partial charge in [-0.25, -0.2) is 9.48 Å². The van der Waals surface area contributed by atoms with Crippen molar-refractivity contribution in [3.05, 3.63) is 40.1 Å². The lowest BCUT2D eigenvalue weighted by Gasteiger charge is -2.03. The number of nitrogens with zero attached hydrogens (tertiary/aromatic N) is 3. The van der Waals surface area contributed by atoms with Crippen LogP contribution in [0.5, 0.6) is 0 Å². The molecule has 0 saturated heterocycles. The SMILES string of the molecule is CCOC(=O)c1nnn(-c2ccc(Br)cc2)c1C. The normalized spacial score (nSPS) is 10.4. The Morgan fingerprint density at radius 3 is 2.67 bits per heavy atom. The first-order valence-corrected chi connectivity index (χ1v) is 6.28. The fraction of sp³-hybridized carbons (Fsp3) is 0.250. The number of carbonyl (C=O) groups is 1. The van der Waals surface area contributed by atoms with Gasteiger partial charge in [-0.3, -0.25) is 0 Å². The number of ether oxygens (including phenoxy) is 1. The maximum absolute atomic E-state index is 11.6. The minimum absolute atomic E-state index is 0.250. The van der Waals surface area contributed by atoms with Crippen LogP contribution < -0.4 is 0 Å². The van der Waals surface area contributed by atoms with E-state index < -0.39 is 5.97 Å². The highest BCUT2D eigenvalue weighted by Crippen LogP contribution is 2.16. The molecule has 2 rings (SSSR count). The van der Waals surface area contributed by atoms with Gasteiger partial charge in [0.05, 0.1) is 18.0 Å². The van der Waals surface area contributed by atoms with Crippen LogP contribution in [0.15, 0.2) is 28.7 Å². The molecule has 0 saturated carbocycles. The van der Waals surface area contributed by atoms with Gasteiger partial charge in [-0.2, -0.15) is 0 Å². The number of benzene rings is 1. The number of hydrogen-bond acceptors (Lipinski definition) is 4. The third-order valence-corrected chi connectivity index (χ3v) is 2.96. The molecule has 0 atom stereocenters. The van der Waals surface area contributed by atoms with Crippen molar-refractivity contribution in [3.8, 4) is 5.69 Å². The lowest BCUT2D eigenvalue weighted by molar-refractivity contribution is 0.0518. The Labute approximate surface area is 113 Å². The van der Waals surface area contributed by atoms with E-state index in [0.29, 0.717) is 12.3 Å². The molecule has 0 spiro atoms. The summed E-state index contributed by atoms with van der Waals surface area (Å²) in [6.45, 7) is 3.87. The van der Waals surface area contributed by atoms with Gasteiger partial charge >= 0.3 is 5.97 Å². The van der Waals surface area contributed by atoms with Crippen molar-refractivity contribution in [2.45, 2.75) is 13.8 Å². The monoisotopic (exact) mass is 309 g/mol. The molecule has 0 aliphatic carbocycles. The molecule has 0 amide bonds. The second-order valence-electron chi connectivity index (χ2n) is 3.63. The number of halogens is 1. The Morgan fingerprint density at radius 2 is 2.06 bits per heavy atom. The lowest BCUT2D eigenvalue weighted by atomic mass is 10.3. The summed E-state index contributed by atoms with van der Waals surface area (Å²) in [6, 6.07) is 7.59. The van der Waals surface area contributed by atoms with Gasteiger partial charge in [0, 0.05) is 4.47 Å². The van der Waals surface area contributed by atoms with Crippen LogP contribution in [0.3, 0.4) is 0 Å². The fourth-order valence-corrected chi connectivity index (χ4v) is 1.81. The average molecular weight is 310 g/mol. The Morgan fingerprint density at radius 1 is 1.39 bits per heavy atom. The molecule has 1 aromatic heterocycles. The van der Waals surface area contributed by atoms with Gasteiger partial charge in [0.2, 0.25) is 0 Å². The summed E-state index contributed by atoms with van der Waals surface area (Å²) in [5.41, 5.74) is 1.76.